The fourth-order valence-corrected chi connectivity index (χ4v) is 1.86. The molecule has 0 unspecified atom stereocenters. The molecule has 0 bridgehead atoms. The summed E-state index contributed by atoms with van der Waals surface area (Å²) < 4.78 is 23.1. The average molecular weight is 257 g/mol. The lowest BCUT2D eigenvalue weighted by Gasteiger charge is -1.99. The Balaban J connectivity index is 2.30. The highest BCUT2D eigenvalue weighted by molar-refractivity contribution is 5.79. The van der Waals surface area contributed by atoms with E-state index >= 15 is 0 Å². The number of aryl methyl sites for hydroxylation is 1. The van der Waals surface area contributed by atoms with Crippen molar-refractivity contribution in [3.8, 4) is 11.1 Å². The number of nitrogens with zero attached hydrogens (tertiary/aromatic N) is 4. The molecular formula is C13H10N4O2. The molecule has 0 saturated carbocycles. The Bertz CT molecular complexity index is 859. The molecule has 6 heteroatoms. The van der Waals surface area contributed by atoms with Crippen LogP contribution in [-0.2, 0) is 6.98 Å². The minimum absolute atomic E-state index is 0.0301. The smallest absolute Gasteiger partial charge is 0.390 e. The van der Waals surface area contributed by atoms with Gasteiger partial charge in [-0.1, -0.05) is 30.3 Å². The third-order valence-corrected chi connectivity index (χ3v) is 2.76. The maximum absolute atomic E-state index is 11.0. The van der Waals surface area contributed by atoms with Crippen LogP contribution in [0.1, 0.15) is 4.11 Å². The highest BCUT2D eigenvalue weighted by atomic mass is 16.6. The minimum atomic E-state index is -2.71. The summed E-state index contributed by atoms with van der Waals surface area (Å²) in [4.78, 5) is 18.0. The average Bonchev–Trinajstić information content (AvgIpc) is 2.87. The molecule has 0 amide bonds. The highest BCUT2D eigenvalue weighted by Crippen LogP contribution is 2.24. The Morgan fingerprint density at radius 3 is 2.79 bits per heavy atom. The SMILES string of the molecule is [2H]C([2H])([2H])n1c([N+](=O)[O-])nc2ncc(-c3ccccc3)cc21. The second kappa shape index (κ2) is 4.16. The van der Waals surface area contributed by atoms with E-state index in [0.29, 0.717) is 10.1 Å². The topological polar surface area (TPSA) is 73.8 Å². The van der Waals surface area contributed by atoms with E-state index in [1.807, 2.05) is 30.3 Å². The van der Waals surface area contributed by atoms with E-state index in [-0.39, 0.29) is 11.2 Å². The molecule has 6 nitrogen and oxygen atoms in total. The molecule has 3 aromatic rings. The van der Waals surface area contributed by atoms with Crippen LogP contribution in [0.2, 0.25) is 0 Å². The molecule has 94 valence electrons. The van der Waals surface area contributed by atoms with Gasteiger partial charge >= 0.3 is 5.95 Å². The summed E-state index contributed by atoms with van der Waals surface area (Å²) in [7, 11) is 0. The van der Waals surface area contributed by atoms with E-state index in [2.05, 4.69) is 9.97 Å². The molecule has 0 radical (unpaired) electrons. The van der Waals surface area contributed by atoms with Gasteiger partial charge < -0.3 is 10.1 Å². The molecule has 0 atom stereocenters. The molecule has 0 fully saturated rings. The Labute approximate surface area is 112 Å². The third kappa shape index (κ3) is 1.83. The van der Waals surface area contributed by atoms with E-state index < -0.39 is 17.8 Å². The highest BCUT2D eigenvalue weighted by Gasteiger charge is 2.20. The van der Waals surface area contributed by atoms with Gasteiger partial charge in [-0.3, -0.25) is 0 Å². The Morgan fingerprint density at radius 2 is 2.11 bits per heavy atom. The monoisotopic (exact) mass is 257 g/mol. The van der Waals surface area contributed by atoms with Crippen molar-refractivity contribution in [1.82, 2.24) is 14.5 Å². The predicted octanol–water partition coefficient (Wildman–Crippen LogP) is 2.54. The molecule has 0 aliphatic carbocycles. The minimum Gasteiger partial charge on any atom is -0.390 e. The first-order chi connectivity index (χ1) is 10.4. The normalized spacial score (nSPS) is 13.8. The van der Waals surface area contributed by atoms with Crippen LogP contribution in [0, 0.1) is 10.1 Å². The number of rotatable bonds is 2. The van der Waals surface area contributed by atoms with Crippen molar-refractivity contribution in [3.63, 3.8) is 0 Å². The molecular weight excluding hydrogens is 244 g/mol. The Kier molecular flexibility index (Phi) is 1.83. The Hall–Kier alpha value is -2.76. The summed E-state index contributed by atoms with van der Waals surface area (Å²) in [6.07, 6.45) is 1.51. The zero-order valence-electron chi connectivity index (χ0n) is 12.6. The summed E-state index contributed by atoms with van der Waals surface area (Å²) in [5, 5.41) is 11.0. The zero-order chi connectivity index (χ0) is 15.9. The van der Waals surface area contributed by atoms with E-state index in [9.17, 15) is 10.1 Å². The predicted molar refractivity (Wildman–Crippen MR) is 70.6 cm³/mol. The van der Waals surface area contributed by atoms with E-state index in [0.717, 1.165) is 5.56 Å². The van der Waals surface area contributed by atoms with Crippen LogP contribution in [0.15, 0.2) is 42.6 Å². The van der Waals surface area contributed by atoms with Crippen molar-refractivity contribution in [1.29, 1.82) is 0 Å². The molecule has 0 N–H and O–H groups in total. The van der Waals surface area contributed by atoms with Crippen LogP contribution in [0.4, 0.5) is 5.95 Å². The number of nitro groups is 1. The number of pyridine rings is 1. The van der Waals surface area contributed by atoms with Gasteiger partial charge in [-0.15, -0.1) is 0 Å². The van der Waals surface area contributed by atoms with Gasteiger partial charge in [0.1, 0.15) is 0 Å². The van der Waals surface area contributed by atoms with Crippen LogP contribution in [0.3, 0.4) is 0 Å². The summed E-state index contributed by atoms with van der Waals surface area (Å²) in [5.74, 6) is -0.743. The lowest BCUT2D eigenvalue weighted by molar-refractivity contribution is -0.396. The van der Waals surface area contributed by atoms with Crippen molar-refractivity contribution in [2.24, 2.45) is 6.98 Å². The number of fused-ring (bicyclic) bond motifs is 1. The van der Waals surface area contributed by atoms with Gasteiger partial charge in [0.25, 0.3) is 5.65 Å². The number of benzene rings is 1. The summed E-state index contributed by atoms with van der Waals surface area (Å²) >= 11 is 0. The lowest BCUT2D eigenvalue weighted by Crippen LogP contribution is -1.97. The van der Waals surface area contributed by atoms with Crippen molar-refractivity contribution >= 4 is 17.1 Å². The number of aromatic nitrogens is 3. The van der Waals surface area contributed by atoms with Gasteiger partial charge in [-0.25, -0.2) is 9.55 Å². The van der Waals surface area contributed by atoms with E-state index in [4.69, 9.17) is 4.11 Å². The first-order valence-electron chi connectivity index (χ1n) is 6.97. The quantitative estimate of drug-likeness (QED) is 0.522. The van der Waals surface area contributed by atoms with E-state index in [1.54, 1.807) is 6.07 Å². The fourth-order valence-electron chi connectivity index (χ4n) is 1.86. The molecule has 0 aliphatic rings. The van der Waals surface area contributed by atoms with Gasteiger partial charge in [-0.05, 0) is 21.5 Å². The van der Waals surface area contributed by atoms with Crippen molar-refractivity contribution in [2.75, 3.05) is 0 Å². The molecule has 2 heterocycles. The second-order valence-corrected chi connectivity index (χ2v) is 3.94. The molecule has 0 saturated heterocycles. The van der Waals surface area contributed by atoms with Crippen molar-refractivity contribution < 1.29 is 9.04 Å². The molecule has 0 spiro atoms. The van der Waals surface area contributed by atoms with Gasteiger partial charge in [0.2, 0.25) is 0 Å². The molecule has 19 heavy (non-hydrogen) atoms. The zero-order valence-corrected chi connectivity index (χ0v) is 9.65. The van der Waals surface area contributed by atoms with Crippen molar-refractivity contribution in [3.05, 3.63) is 52.7 Å². The first-order valence-corrected chi connectivity index (χ1v) is 5.47. The molecule has 1 aromatic carbocycles. The standard InChI is InChI=1S/C13H10N4O2/c1-16-11-7-10(9-5-3-2-4-6-9)8-14-12(11)15-13(16)17(18)19/h2-8H,1H3/i1D3. The summed E-state index contributed by atoms with van der Waals surface area (Å²) in [6, 6.07) is 10.8. The Morgan fingerprint density at radius 1 is 1.32 bits per heavy atom. The van der Waals surface area contributed by atoms with Crippen LogP contribution in [-0.4, -0.2) is 19.5 Å². The fraction of sp³-hybridized carbons (Fsp3) is 0.0769. The lowest BCUT2D eigenvalue weighted by atomic mass is 10.1. The second-order valence-electron chi connectivity index (χ2n) is 3.94. The van der Waals surface area contributed by atoms with Gasteiger partial charge in [0.15, 0.2) is 5.52 Å². The van der Waals surface area contributed by atoms with Crippen LogP contribution in [0.5, 0.6) is 0 Å². The van der Waals surface area contributed by atoms with Crippen LogP contribution in [0.25, 0.3) is 22.3 Å². The summed E-state index contributed by atoms with van der Waals surface area (Å²) in [5.41, 5.74) is 1.63. The van der Waals surface area contributed by atoms with Gasteiger partial charge in [0, 0.05) is 11.8 Å². The molecule has 2 aromatic heterocycles. The molecule has 0 aliphatic heterocycles. The van der Waals surface area contributed by atoms with Crippen molar-refractivity contribution in [2.45, 2.75) is 0 Å². The largest absolute Gasteiger partial charge is 0.437 e. The third-order valence-electron chi connectivity index (χ3n) is 2.76. The van der Waals surface area contributed by atoms with E-state index in [1.165, 1.54) is 6.20 Å². The molecule has 3 rings (SSSR count). The van der Waals surface area contributed by atoms with Crippen LogP contribution >= 0.6 is 0 Å². The maximum atomic E-state index is 11.0. The number of hydrogen-bond donors (Lipinski definition) is 0. The number of imidazole rings is 1. The van der Waals surface area contributed by atoms with Gasteiger partial charge in [0.05, 0.1) is 11.1 Å². The maximum Gasteiger partial charge on any atom is 0.437 e. The summed E-state index contributed by atoms with van der Waals surface area (Å²) in [6.45, 7) is -2.71. The van der Waals surface area contributed by atoms with Crippen LogP contribution < -0.4 is 0 Å². The van der Waals surface area contributed by atoms with Gasteiger partial charge in [-0.2, -0.15) is 0 Å². The number of hydrogen-bond acceptors (Lipinski definition) is 4. The first kappa shape index (κ1) is 8.36.